The van der Waals surface area contributed by atoms with E-state index in [0.717, 1.165) is 24.2 Å². The summed E-state index contributed by atoms with van der Waals surface area (Å²) in [7, 11) is 1.89. The highest BCUT2D eigenvalue weighted by molar-refractivity contribution is 6.05. The second-order valence-electron chi connectivity index (χ2n) is 6.74. The molecular formula is C19H26N4O4. The van der Waals surface area contributed by atoms with Crippen molar-refractivity contribution in [2.45, 2.75) is 32.0 Å². The highest BCUT2D eigenvalue weighted by Gasteiger charge is 2.39. The quantitative estimate of drug-likeness (QED) is 0.408. The smallest absolute Gasteiger partial charge is 0.255 e. The molecule has 0 aliphatic carbocycles. The van der Waals surface area contributed by atoms with E-state index in [4.69, 9.17) is 4.74 Å². The molecule has 0 bridgehead atoms. The van der Waals surface area contributed by atoms with E-state index in [1.807, 2.05) is 19.2 Å². The average molecular weight is 374 g/mol. The highest BCUT2D eigenvalue weighted by atomic mass is 16.5. The van der Waals surface area contributed by atoms with E-state index in [2.05, 4.69) is 16.0 Å². The minimum Gasteiger partial charge on any atom is -0.379 e. The number of carbonyl (C=O) groups excluding carboxylic acids is 3. The number of fused-ring (bicyclic) bond motifs is 1. The summed E-state index contributed by atoms with van der Waals surface area (Å²) in [5, 5.41) is 8.69. The maximum absolute atomic E-state index is 12.8. The van der Waals surface area contributed by atoms with Crippen LogP contribution in [0.5, 0.6) is 0 Å². The standard InChI is InChI=1S/C19H26N4O4/c1-20-7-9-27-10-8-21-11-13-3-2-4-14-15(13)12-23(19(14)26)16-5-6-17(24)22-18(16)25/h2-4,16,20-21H,5-12H2,1H3,(H,22,24,25). The first-order valence-corrected chi connectivity index (χ1v) is 9.30. The summed E-state index contributed by atoms with van der Waals surface area (Å²) in [5.74, 6) is -0.801. The van der Waals surface area contributed by atoms with Crippen LogP contribution < -0.4 is 16.0 Å². The van der Waals surface area contributed by atoms with Crippen LogP contribution in [0.2, 0.25) is 0 Å². The molecule has 0 aromatic heterocycles. The first-order chi connectivity index (χ1) is 13.1. The van der Waals surface area contributed by atoms with Gasteiger partial charge in [-0.15, -0.1) is 0 Å². The minimum absolute atomic E-state index is 0.142. The van der Waals surface area contributed by atoms with Crippen molar-refractivity contribution in [2.75, 3.05) is 33.4 Å². The second-order valence-corrected chi connectivity index (χ2v) is 6.74. The van der Waals surface area contributed by atoms with Crippen LogP contribution in [0.25, 0.3) is 0 Å². The van der Waals surface area contributed by atoms with E-state index in [-0.39, 0.29) is 24.1 Å². The maximum Gasteiger partial charge on any atom is 0.255 e. The lowest BCUT2D eigenvalue weighted by Crippen LogP contribution is -2.52. The van der Waals surface area contributed by atoms with Gasteiger partial charge in [0.25, 0.3) is 5.91 Å². The Balaban J connectivity index is 1.59. The van der Waals surface area contributed by atoms with Crippen molar-refractivity contribution in [3.8, 4) is 0 Å². The normalized spacial score (nSPS) is 19.4. The Bertz CT molecular complexity index is 722. The van der Waals surface area contributed by atoms with Crippen LogP contribution in [0.3, 0.4) is 0 Å². The van der Waals surface area contributed by atoms with Crippen LogP contribution in [0.15, 0.2) is 18.2 Å². The van der Waals surface area contributed by atoms with Crippen LogP contribution in [-0.4, -0.2) is 62.0 Å². The molecule has 146 valence electrons. The summed E-state index contributed by atoms with van der Waals surface area (Å²) in [6.45, 7) is 3.88. The topological polar surface area (TPSA) is 99.8 Å². The lowest BCUT2D eigenvalue weighted by Gasteiger charge is -2.29. The lowest BCUT2D eigenvalue weighted by molar-refractivity contribution is -0.136. The van der Waals surface area contributed by atoms with Crippen LogP contribution in [-0.2, 0) is 27.4 Å². The number of likely N-dealkylation sites (N-methyl/N-ethyl adjacent to an activating group) is 1. The van der Waals surface area contributed by atoms with Crippen molar-refractivity contribution < 1.29 is 19.1 Å². The maximum atomic E-state index is 12.8. The average Bonchev–Trinajstić information content (AvgIpc) is 2.98. The van der Waals surface area contributed by atoms with E-state index >= 15 is 0 Å². The molecule has 3 amide bonds. The molecule has 3 rings (SSSR count). The number of hydrogen-bond acceptors (Lipinski definition) is 6. The van der Waals surface area contributed by atoms with Crippen molar-refractivity contribution in [2.24, 2.45) is 0 Å². The number of piperidine rings is 1. The summed E-state index contributed by atoms with van der Waals surface area (Å²) in [5.41, 5.74) is 2.64. The van der Waals surface area contributed by atoms with Crippen molar-refractivity contribution >= 4 is 17.7 Å². The largest absolute Gasteiger partial charge is 0.379 e. The summed E-state index contributed by atoms with van der Waals surface area (Å²) in [4.78, 5) is 37.8. The molecule has 8 nitrogen and oxygen atoms in total. The molecule has 0 spiro atoms. The molecule has 2 heterocycles. The van der Waals surface area contributed by atoms with Gasteiger partial charge in [0.05, 0.1) is 13.2 Å². The zero-order valence-corrected chi connectivity index (χ0v) is 15.5. The van der Waals surface area contributed by atoms with Crippen LogP contribution in [0, 0.1) is 0 Å². The molecule has 1 aromatic rings. The third kappa shape index (κ3) is 4.52. The molecule has 1 atom stereocenters. The van der Waals surface area contributed by atoms with Gasteiger partial charge in [-0.2, -0.15) is 0 Å². The van der Waals surface area contributed by atoms with Gasteiger partial charge in [-0.05, 0) is 30.7 Å². The summed E-state index contributed by atoms with van der Waals surface area (Å²) < 4.78 is 5.48. The molecule has 2 aliphatic rings. The minimum atomic E-state index is -0.580. The summed E-state index contributed by atoms with van der Waals surface area (Å²) in [6.07, 6.45) is 0.639. The molecule has 1 fully saturated rings. The fourth-order valence-electron chi connectivity index (χ4n) is 3.46. The summed E-state index contributed by atoms with van der Waals surface area (Å²) in [6, 6.07) is 5.08. The van der Waals surface area contributed by atoms with E-state index < -0.39 is 6.04 Å². The summed E-state index contributed by atoms with van der Waals surface area (Å²) >= 11 is 0. The number of rotatable bonds is 9. The van der Waals surface area contributed by atoms with Crippen LogP contribution in [0.1, 0.15) is 34.3 Å². The van der Waals surface area contributed by atoms with Crippen molar-refractivity contribution in [3.63, 3.8) is 0 Å². The Morgan fingerprint density at radius 2 is 2.04 bits per heavy atom. The Morgan fingerprint density at radius 1 is 1.22 bits per heavy atom. The van der Waals surface area contributed by atoms with E-state index in [9.17, 15) is 14.4 Å². The third-order valence-corrected chi connectivity index (χ3v) is 4.91. The molecule has 2 aliphatic heterocycles. The van der Waals surface area contributed by atoms with Gasteiger partial charge >= 0.3 is 0 Å². The zero-order chi connectivity index (χ0) is 19.2. The Hall–Kier alpha value is -2.29. The lowest BCUT2D eigenvalue weighted by atomic mass is 10.0. The van der Waals surface area contributed by atoms with Gasteiger partial charge in [-0.3, -0.25) is 19.7 Å². The predicted octanol–water partition coefficient (Wildman–Crippen LogP) is -0.227. The molecule has 1 unspecified atom stereocenters. The molecule has 27 heavy (non-hydrogen) atoms. The number of benzene rings is 1. The number of nitrogens with one attached hydrogen (secondary N) is 3. The monoisotopic (exact) mass is 374 g/mol. The van der Waals surface area contributed by atoms with Crippen molar-refractivity contribution in [3.05, 3.63) is 34.9 Å². The van der Waals surface area contributed by atoms with Crippen LogP contribution in [0.4, 0.5) is 0 Å². The van der Waals surface area contributed by atoms with Gasteiger partial charge in [0, 0.05) is 38.2 Å². The van der Waals surface area contributed by atoms with E-state index in [1.165, 1.54) is 0 Å². The predicted molar refractivity (Wildman–Crippen MR) is 98.9 cm³/mol. The number of carbonyl (C=O) groups is 3. The molecule has 1 saturated heterocycles. The van der Waals surface area contributed by atoms with Crippen LogP contribution >= 0.6 is 0 Å². The number of imide groups is 1. The number of nitrogens with zero attached hydrogens (tertiary/aromatic N) is 1. The fraction of sp³-hybridized carbons (Fsp3) is 0.526. The second kappa shape index (κ2) is 9.07. The first-order valence-electron chi connectivity index (χ1n) is 9.30. The molecule has 0 saturated carbocycles. The van der Waals surface area contributed by atoms with Gasteiger partial charge in [-0.1, -0.05) is 12.1 Å². The zero-order valence-electron chi connectivity index (χ0n) is 15.5. The first kappa shape index (κ1) is 19.5. The number of amides is 3. The molecular weight excluding hydrogens is 348 g/mol. The highest BCUT2D eigenvalue weighted by Crippen LogP contribution is 2.29. The number of ether oxygens (including phenoxy) is 1. The van der Waals surface area contributed by atoms with E-state index in [0.29, 0.717) is 38.3 Å². The molecule has 8 heteroatoms. The molecule has 1 aromatic carbocycles. The van der Waals surface area contributed by atoms with Gasteiger partial charge < -0.3 is 20.3 Å². The fourth-order valence-corrected chi connectivity index (χ4v) is 3.46. The number of hydrogen-bond donors (Lipinski definition) is 3. The third-order valence-electron chi connectivity index (χ3n) is 4.91. The Morgan fingerprint density at radius 3 is 2.81 bits per heavy atom. The molecule has 0 radical (unpaired) electrons. The van der Waals surface area contributed by atoms with Crippen molar-refractivity contribution in [1.82, 2.24) is 20.9 Å². The Kier molecular flexibility index (Phi) is 6.54. The van der Waals surface area contributed by atoms with Gasteiger partial charge in [-0.25, -0.2) is 0 Å². The van der Waals surface area contributed by atoms with Crippen molar-refractivity contribution in [1.29, 1.82) is 0 Å². The molecule has 3 N–H and O–H groups in total. The van der Waals surface area contributed by atoms with Gasteiger partial charge in [0.1, 0.15) is 6.04 Å². The van der Waals surface area contributed by atoms with E-state index in [1.54, 1.807) is 11.0 Å². The van der Waals surface area contributed by atoms with Gasteiger partial charge in [0.15, 0.2) is 0 Å². The Labute approximate surface area is 158 Å². The van der Waals surface area contributed by atoms with Gasteiger partial charge in [0.2, 0.25) is 11.8 Å². The SMILES string of the molecule is CNCCOCCNCc1cccc2c1CN(C1CCC(=O)NC1=O)C2=O.